The average molecular weight is 265 g/mol. The van der Waals surface area contributed by atoms with Gasteiger partial charge in [0.1, 0.15) is 5.82 Å². The Balaban J connectivity index is 2.30. The molecule has 4 nitrogen and oxygen atoms in total. The van der Waals surface area contributed by atoms with Gasteiger partial charge in [-0.2, -0.15) is 5.10 Å². The van der Waals surface area contributed by atoms with Gasteiger partial charge in [-0.3, -0.25) is 4.68 Å². The van der Waals surface area contributed by atoms with Crippen LogP contribution in [0.1, 0.15) is 26.3 Å². The van der Waals surface area contributed by atoms with Gasteiger partial charge in [0.05, 0.1) is 16.9 Å². The highest BCUT2D eigenvalue weighted by Crippen LogP contribution is 2.31. The fraction of sp³-hybridized carbons (Fsp3) is 0.385. The number of hydrogen-bond donors (Lipinski definition) is 1. The summed E-state index contributed by atoms with van der Waals surface area (Å²) in [6, 6.07) is 1.98. The summed E-state index contributed by atoms with van der Waals surface area (Å²) in [7, 11) is 1.88. The molecule has 5 heteroatoms. The summed E-state index contributed by atoms with van der Waals surface area (Å²) in [4.78, 5) is 4.28. The lowest BCUT2D eigenvalue weighted by Gasteiger charge is -2.21. The maximum Gasteiger partial charge on any atom is 0.130 e. The molecule has 0 aliphatic rings. The van der Waals surface area contributed by atoms with E-state index in [2.05, 4.69) is 36.2 Å². The molecule has 2 aromatic heterocycles. The lowest BCUT2D eigenvalue weighted by atomic mass is 9.87. The summed E-state index contributed by atoms with van der Waals surface area (Å²) in [5, 5.41) is 8.01. The van der Waals surface area contributed by atoms with Gasteiger partial charge in [-0.05, 0) is 17.0 Å². The van der Waals surface area contributed by atoms with Crippen LogP contribution in [0.5, 0.6) is 0 Å². The van der Waals surface area contributed by atoms with Gasteiger partial charge in [0.15, 0.2) is 0 Å². The number of pyridine rings is 1. The van der Waals surface area contributed by atoms with Crippen molar-refractivity contribution in [3.8, 4) is 0 Å². The van der Waals surface area contributed by atoms with E-state index in [-0.39, 0.29) is 5.41 Å². The van der Waals surface area contributed by atoms with E-state index in [4.69, 9.17) is 11.6 Å². The Morgan fingerprint density at radius 3 is 2.56 bits per heavy atom. The smallest absolute Gasteiger partial charge is 0.130 e. The van der Waals surface area contributed by atoms with Gasteiger partial charge in [0.2, 0.25) is 0 Å². The Hall–Kier alpha value is -1.55. The van der Waals surface area contributed by atoms with Crippen LogP contribution in [0.15, 0.2) is 24.7 Å². The summed E-state index contributed by atoms with van der Waals surface area (Å²) in [5.74, 6) is 0.775. The Kier molecular flexibility index (Phi) is 3.30. The molecule has 0 saturated heterocycles. The third-order valence-electron chi connectivity index (χ3n) is 2.64. The molecule has 0 saturated carbocycles. The monoisotopic (exact) mass is 264 g/mol. The van der Waals surface area contributed by atoms with Crippen LogP contribution in [-0.4, -0.2) is 14.8 Å². The first-order valence-electron chi connectivity index (χ1n) is 5.78. The second-order valence-corrected chi connectivity index (χ2v) is 5.73. The highest BCUT2D eigenvalue weighted by molar-refractivity contribution is 6.31. The van der Waals surface area contributed by atoms with Crippen LogP contribution >= 0.6 is 11.6 Å². The Morgan fingerprint density at radius 2 is 2.00 bits per heavy atom. The van der Waals surface area contributed by atoms with Crippen LogP contribution in [0.2, 0.25) is 5.02 Å². The maximum absolute atomic E-state index is 6.18. The zero-order chi connectivity index (χ0) is 13.3. The largest absolute Gasteiger partial charge is 0.338 e. The van der Waals surface area contributed by atoms with E-state index in [0.717, 1.165) is 17.1 Å². The van der Waals surface area contributed by atoms with Crippen molar-refractivity contribution < 1.29 is 0 Å². The molecule has 0 bridgehead atoms. The molecule has 0 aromatic carbocycles. The van der Waals surface area contributed by atoms with Crippen molar-refractivity contribution >= 4 is 23.1 Å². The topological polar surface area (TPSA) is 42.7 Å². The van der Waals surface area contributed by atoms with E-state index in [1.807, 2.05) is 19.3 Å². The van der Waals surface area contributed by atoms with Gasteiger partial charge in [-0.1, -0.05) is 32.4 Å². The first-order chi connectivity index (χ1) is 8.36. The van der Waals surface area contributed by atoms with Crippen LogP contribution in [0.3, 0.4) is 0 Å². The molecule has 0 radical (unpaired) electrons. The minimum Gasteiger partial charge on any atom is -0.338 e. The quantitative estimate of drug-likeness (QED) is 0.903. The van der Waals surface area contributed by atoms with Gasteiger partial charge >= 0.3 is 0 Å². The van der Waals surface area contributed by atoms with Crippen molar-refractivity contribution in [2.75, 3.05) is 5.32 Å². The number of aromatic nitrogens is 3. The van der Waals surface area contributed by atoms with Gasteiger partial charge in [-0.15, -0.1) is 0 Å². The lowest BCUT2D eigenvalue weighted by Crippen LogP contribution is -2.12. The molecule has 2 aromatic rings. The van der Waals surface area contributed by atoms with Crippen molar-refractivity contribution in [1.29, 1.82) is 0 Å². The molecular formula is C13H17ClN4. The summed E-state index contributed by atoms with van der Waals surface area (Å²) in [6.45, 7) is 6.38. The van der Waals surface area contributed by atoms with Crippen LogP contribution in [0, 0.1) is 0 Å². The van der Waals surface area contributed by atoms with Crippen LogP contribution in [0.25, 0.3) is 0 Å². The van der Waals surface area contributed by atoms with Crippen LogP contribution in [0.4, 0.5) is 11.5 Å². The fourth-order valence-electron chi connectivity index (χ4n) is 1.72. The molecule has 0 spiro atoms. The minimum atomic E-state index is -0.00854. The molecule has 0 aliphatic heterocycles. The Morgan fingerprint density at radius 1 is 1.28 bits per heavy atom. The second-order valence-electron chi connectivity index (χ2n) is 5.33. The molecule has 0 amide bonds. The second kappa shape index (κ2) is 4.61. The number of aryl methyl sites for hydroxylation is 1. The zero-order valence-corrected chi connectivity index (χ0v) is 11.8. The van der Waals surface area contributed by atoms with Crippen LogP contribution < -0.4 is 5.32 Å². The predicted molar refractivity (Wildman–Crippen MR) is 74.4 cm³/mol. The number of anilines is 2. The van der Waals surface area contributed by atoms with Crippen molar-refractivity contribution in [1.82, 2.24) is 14.8 Å². The van der Waals surface area contributed by atoms with E-state index in [1.165, 1.54) is 0 Å². The van der Waals surface area contributed by atoms with E-state index < -0.39 is 0 Å². The first kappa shape index (κ1) is 12.9. The zero-order valence-electron chi connectivity index (χ0n) is 11.0. The highest BCUT2D eigenvalue weighted by atomic mass is 35.5. The molecule has 0 unspecified atom stereocenters. The molecule has 1 N–H and O–H groups in total. The SMILES string of the molecule is Cn1cc(Nc2cc(C(C)(C)C)c(Cl)cn2)cn1. The first-order valence-corrected chi connectivity index (χ1v) is 6.16. The molecular weight excluding hydrogens is 248 g/mol. The van der Waals surface area contributed by atoms with Crippen LogP contribution in [-0.2, 0) is 12.5 Å². The minimum absolute atomic E-state index is 0.00854. The summed E-state index contributed by atoms with van der Waals surface area (Å²) in [5.41, 5.74) is 1.98. The van der Waals surface area contributed by atoms with E-state index >= 15 is 0 Å². The molecule has 0 aliphatic carbocycles. The molecule has 0 atom stereocenters. The summed E-state index contributed by atoms with van der Waals surface area (Å²) < 4.78 is 1.74. The summed E-state index contributed by atoms with van der Waals surface area (Å²) >= 11 is 6.18. The standard InChI is InChI=1S/C13H17ClN4/c1-13(2,3)10-5-12(15-7-11(10)14)17-9-6-16-18(4)8-9/h5-8H,1-4H3,(H,15,17). The van der Waals surface area contributed by atoms with Crippen molar-refractivity contribution in [2.45, 2.75) is 26.2 Å². The fourth-order valence-corrected chi connectivity index (χ4v) is 2.10. The van der Waals surface area contributed by atoms with Gasteiger partial charge in [-0.25, -0.2) is 4.98 Å². The maximum atomic E-state index is 6.18. The Bertz CT molecular complexity index is 554. The predicted octanol–water partition coefficient (Wildman–Crippen LogP) is 3.51. The van der Waals surface area contributed by atoms with Crippen molar-refractivity contribution in [3.63, 3.8) is 0 Å². The molecule has 2 rings (SSSR count). The Labute approximate surface area is 112 Å². The van der Waals surface area contributed by atoms with E-state index in [9.17, 15) is 0 Å². The summed E-state index contributed by atoms with van der Waals surface area (Å²) in [6.07, 6.45) is 5.33. The molecule has 18 heavy (non-hydrogen) atoms. The number of hydrogen-bond acceptors (Lipinski definition) is 3. The average Bonchev–Trinajstić information content (AvgIpc) is 2.65. The van der Waals surface area contributed by atoms with Gasteiger partial charge in [0.25, 0.3) is 0 Å². The van der Waals surface area contributed by atoms with Crippen molar-refractivity contribution in [3.05, 3.63) is 35.2 Å². The number of halogens is 1. The third-order valence-corrected chi connectivity index (χ3v) is 2.94. The number of rotatable bonds is 2. The number of nitrogens with zero attached hydrogens (tertiary/aromatic N) is 3. The third kappa shape index (κ3) is 2.82. The van der Waals surface area contributed by atoms with E-state index in [1.54, 1.807) is 17.1 Å². The van der Waals surface area contributed by atoms with Gasteiger partial charge in [0, 0.05) is 19.4 Å². The molecule has 96 valence electrons. The molecule has 0 fully saturated rings. The van der Waals surface area contributed by atoms with Gasteiger partial charge < -0.3 is 5.32 Å². The lowest BCUT2D eigenvalue weighted by molar-refractivity contribution is 0.590. The highest BCUT2D eigenvalue weighted by Gasteiger charge is 2.18. The van der Waals surface area contributed by atoms with E-state index in [0.29, 0.717) is 5.02 Å². The molecule has 2 heterocycles. The normalized spacial score (nSPS) is 11.6. The number of nitrogens with one attached hydrogen (secondary N) is 1. The van der Waals surface area contributed by atoms with Crippen molar-refractivity contribution in [2.24, 2.45) is 7.05 Å².